The highest BCUT2D eigenvalue weighted by molar-refractivity contribution is 5.81. The van der Waals surface area contributed by atoms with Gasteiger partial charge in [0.05, 0.1) is 6.04 Å². The van der Waals surface area contributed by atoms with Crippen molar-refractivity contribution in [1.29, 1.82) is 0 Å². The van der Waals surface area contributed by atoms with Crippen LogP contribution in [0.4, 0.5) is 0 Å². The fraction of sp³-hybridized carbons (Fsp3) is 0.917. The van der Waals surface area contributed by atoms with Gasteiger partial charge in [-0.3, -0.25) is 4.79 Å². The molecule has 3 nitrogen and oxygen atoms in total. The van der Waals surface area contributed by atoms with Crippen LogP contribution in [0.2, 0.25) is 0 Å². The molecule has 0 spiro atoms. The van der Waals surface area contributed by atoms with E-state index >= 15 is 0 Å². The molecule has 0 fully saturated rings. The van der Waals surface area contributed by atoms with E-state index in [0.29, 0.717) is 5.92 Å². The van der Waals surface area contributed by atoms with E-state index in [9.17, 15) is 4.79 Å². The van der Waals surface area contributed by atoms with Gasteiger partial charge in [0, 0.05) is 13.1 Å². The van der Waals surface area contributed by atoms with E-state index in [1.807, 2.05) is 20.9 Å². The highest BCUT2D eigenvalue weighted by atomic mass is 16.2. The highest BCUT2D eigenvalue weighted by Gasteiger charge is 2.24. The zero-order chi connectivity index (χ0) is 12.2. The Labute approximate surface area is 94.0 Å². The van der Waals surface area contributed by atoms with Crippen molar-refractivity contribution in [3.05, 3.63) is 0 Å². The first-order valence-corrected chi connectivity index (χ1v) is 5.79. The van der Waals surface area contributed by atoms with E-state index < -0.39 is 0 Å². The monoisotopic (exact) mass is 214 g/mol. The molecule has 0 aliphatic heterocycles. The highest BCUT2D eigenvalue weighted by Crippen LogP contribution is 2.12. The second-order valence-electron chi connectivity index (χ2n) is 5.20. The van der Waals surface area contributed by atoms with E-state index in [1.54, 1.807) is 4.90 Å². The molecule has 1 amide bonds. The van der Waals surface area contributed by atoms with Crippen LogP contribution >= 0.6 is 0 Å². The van der Waals surface area contributed by atoms with Gasteiger partial charge < -0.3 is 10.6 Å². The van der Waals surface area contributed by atoms with Crippen LogP contribution in [0.15, 0.2) is 0 Å². The summed E-state index contributed by atoms with van der Waals surface area (Å²) in [6.07, 6.45) is 1.02. The summed E-state index contributed by atoms with van der Waals surface area (Å²) in [6, 6.07) is -0.105. The predicted molar refractivity (Wildman–Crippen MR) is 64.5 cm³/mol. The van der Waals surface area contributed by atoms with E-state index in [0.717, 1.165) is 6.42 Å². The largest absolute Gasteiger partial charge is 0.342 e. The van der Waals surface area contributed by atoms with Crippen molar-refractivity contribution in [3.8, 4) is 0 Å². The molecule has 0 aliphatic carbocycles. The summed E-state index contributed by atoms with van der Waals surface area (Å²) in [6.45, 7) is 10.4. The molecule has 0 rings (SSSR count). The fourth-order valence-corrected chi connectivity index (χ4v) is 1.58. The Kier molecular flexibility index (Phi) is 5.88. The minimum Gasteiger partial charge on any atom is -0.342 e. The van der Waals surface area contributed by atoms with Crippen molar-refractivity contribution >= 4 is 5.91 Å². The van der Waals surface area contributed by atoms with Crippen molar-refractivity contribution in [2.45, 2.75) is 53.1 Å². The summed E-state index contributed by atoms with van der Waals surface area (Å²) in [5.74, 6) is 0.856. The minimum atomic E-state index is -0.371. The number of amides is 1. The Hall–Kier alpha value is -0.570. The van der Waals surface area contributed by atoms with Crippen LogP contribution < -0.4 is 5.73 Å². The average molecular weight is 214 g/mol. The molecular weight excluding hydrogens is 188 g/mol. The predicted octanol–water partition coefficient (Wildman–Crippen LogP) is 1.86. The SMILES string of the molecule is CC(C)CC(C)N(C)C(=O)[C@H](N)C(C)C. The second-order valence-corrected chi connectivity index (χ2v) is 5.20. The first-order valence-electron chi connectivity index (χ1n) is 5.79. The van der Waals surface area contributed by atoms with E-state index in [2.05, 4.69) is 20.8 Å². The van der Waals surface area contributed by atoms with Crippen molar-refractivity contribution < 1.29 is 4.79 Å². The van der Waals surface area contributed by atoms with Crippen molar-refractivity contribution in [2.75, 3.05) is 7.05 Å². The number of likely N-dealkylation sites (N-methyl/N-ethyl adjacent to an activating group) is 1. The lowest BCUT2D eigenvalue weighted by molar-refractivity contribution is -0.134. The zero-order valence-electron chi connectivity index (χ0n) is 10.9. The summed E-state index contributed by atoms with van der Waals surface area (Å²) >= 11 is 0. The number of hydrogen-bond donors (Lipinski definition) is 1. The Morgan fingerprint density at radius 1 is 1.20 bits per heavy atom. The van der Waals surface area contributed by atoms with Crippen LogP contribution in [0.25, 0.3) is 0 Å². The van der Waals surface area contributed by atoms with Gasteiger partial charge in [-0.2, -0.15) is 0 Å². The van der Waals surface area contributed by atoms with Gasteiger partial charge in [-0.15, -0.1) is 0 Å². The summed E-state index contributed by atoms with van der Waals surface area (Å²) < 4.78 is 0. The molecule has 0 radical (unpaired) electrons. The van der Waals surface area contributed by atoms with E-state index in [-0.39, 0.29) is 23.9 Å². The normalized spacial score (nSPS) is 15.5. The molecule has 3 heteroatoms. The number of carbonyl (C=O) groups excluding carboxylic acids is 1. The summed E-state index contributed by atoms with van der Waals surface area (Å²) in [4.78, 5) is 13.7. The second kappa shape index (κ2) is 6.11. The van der Waals surface area contributed by atoms with Gasteiger partial charge in [0.15, 0.2) is 0 Å². The fourth-order valence-electron chi connectivity index (χ4n) is 1.58. The number of nitrogens with zero attached hydrogens (tertiary/aromatic N) is 1. The van der Waals surface area contributed by atoms with E-state index in [1.165, 1.54) is 0 Å². The summed E-state index contributed by atoms with van der Waals surface area (Å²) in [5.41, 5.74) is 5.84. The average Bonchev–Trinajstić information content (AvgIpc) is 2.13. The molecule has 0 aliphatic rings. The molecule has 2 atom stereocenters. The quantitative estimate of drug-likeness (QED) is 0.759. The van der Waals surface area contributed by atoms with Gasteiger partial charge in [0.2, 0.25) is 5.91 Å². The van der Waals surface area contributed by atoms with Crippen LogP contribution in [0.3, 0.4) is 0 Å². The molecule has 2 N–H and O–H groups in total. The van der Waals surface area contributed by atoms with Crippen LogP contribution in [0.1, 0.15) is 41.0 Å². The van der Waals surface area contributed by atoms with Gasteiger partial charge in [-0.1, -0.05) is 27.7 Å². The number of nitrogens with two attached hydrogens (primary N) is 1. The third-order valence-corrected chi connectivity index (χ3v) is 2.82. The van der Waals surface area contributed by atoms with Crippen LogP contribution in [0, 0.1) is 11.8 Å². The lowest BCUT2D eigenvalue weighted by atomic mass is 10.0. The van der Waals surface area contributed by atoms with Crippen molar-refractivity contribution in [1.82, 2.24) is 4.90 Å². The van der Waals surface area contributed by atoms with Crippen molar-refractivity contribution in [2.24, 2.45) is 17.6 Å². The smallest absolute Gasteiger partial charge is 0.239 e. The minimum absolute atomic E-state index is 0.0538. The molecule has 0 saturated carbocycles. The molecule has 15 heavy (non-hydrogen) atoms. The maximum Gasteiger partial charge on any atom is 0.239 e. The number of rotatable bonds is 5. The van der Waals surface area contributed by atoms with Crippen molar-refractivity contribution in [3.63, 3.8) is 0 Å². The molecule has 0 saturated heterocycles. The van der Waals surface area contributed by atoms with Gasteiger partial charge in [0.25, 0.3) is 0 Å². The third kappa shape index (κ3) is 4.65. The van der Waals surface area contributed by atoms with Gasteiger partial charge in [-0.25, -0.2) is 0 Å². The first-order chi connectivity index (χ1) is 6.77. The van der Waals surface area contributed by atoms with Crippen LogP contribution in [-0.2, 0) is 4.79 Å². The Bertz CT molecular complexity index is 202. The third-order valence-electron chi connectivity index (χ3n) is 2.82. The van der Waals surface area contributed by atoms with Gasteiger partial charge in [-0.05, 0) is 25.2 Å². The standard InChI is InChI=1S/C12H26N2O/c1-8(2)7-10(5)14(6)12(15)11(13)9(3)4/h8-11H,7,13H2,1-6H3/t10?,11-/m1/s1. The molecule has 0 aromatic heterocycles. The van der Waals surface area contributed by atoms with E-state index in [4.69, 9.17) is 5.73 Å². The zero-order valence-corrected chi connectivity index (χ0v) is 10.9. The molecule has 0 heterocycles. The molecule has 90 valence electrons. The van der Waals surface area contributed by atoms with Crippen LogP contribution in [-0.4, -0.2) is 29.9 Å². The lowest BCUT2D eigenvalue weighted by Gasteiger charge is -2.29. The van der Waals surface area contributed by atoms with Crippen LogP contribution in [0.5, 0.6) is 0 Å². The molecule has 0 bridgehead atoms. The molecule has 0 aromatic carbocycles. The topological polar surface area (TPSA) is 46.3 Å². The first kappa shape index (κ1) is 14.4. The number of carbonyl (C=O) groups is 1. The summed E-state index contributed by atoms with van der Waals surface area (Å²) in [7, 11) is 1.84. The molecule has 0 aromatic rings. The molecule has 1 unspecified atom stereocenters. The maximum atomic E-state index is 11.9. The molecular formula is C12H26N2O. The Morgan fingerprint density at radius 3 is 2.00 bits per heavy atom. The Balaban J connectivity index is 4.30. The lowest BCUT2D eigenvalue weighted by Crippen LogP contribution is -2.48. The Morgan fingerprint density at radius 2 is 1.67 bits per heavy atom. The number of hydrogen-bond acceptors (Lipinski definition) is 2. The van der Waals surface area contributed by atoms with Gasteiger partial charge >= 0.3 is 0 Å². The van der Waals surface area contributed by atoms with Gasteiger partial charge in [0.1, 0.15) is 0 Å². The summed E-state index contributed by atoms with van der Waals surface area (Å²) in [5, 5.41) is 0. The maximum absolute atomic E-state index is 11.9.